The molecular formula is C12H7Br2O+. The highest BCUT2D eigenvalue weighted by molar-refractivity contribution is 9.12. The van der Waals surface area contributed by atoms with Crippen LogP contribution in [0.3, 0.4) is 0 Å². The van der Waals surface area contributed by atoms with Gasteiger partial charge in [-0.2, -0.15) is 0 Å². The Morgan fingerprint density at radius 2 is 1.93 bits per heavy atom. The zero-order valence-electron chi connectivity index (χ0n) is 7.71. The van der Waals surface area contributed by atoms with Crippen molar-refractivity contribution in [2.24, 2.45) is 0 Å². The van der Waals surface area contributed by atoms with Crippen LogP contribution in [-0.2, 0) is 0 Å². The first kappa shape index (κ1) is 10.6. The van der Waals surface area contributed by atoms with Gasteiger partial charge >= 0.3 is 0 Å². The maximum Gasteiger partial charge on any atom is 0.256 e. The Labute approximate surface area is 105 Å². The molecule has 0 spiro atoms. The van der Waals surface area contributed by atoms with Gasteiger partial charge in [0.2, 0.25) is 0 Å². The van der Waals surface area contributed by atoms with Crippen LogP contribution in [0.4, 0.5) is 0 Å². The Kier molecular flexibility index (Phi) is 3.37. The van der Waals surface area contributed by atoms with Crippen LogP contribution in [0.25, 0.3) is 0 Å². The van der Waals surface area contributed by atoms with Crippen molar-refractivity contribution in [3.05, 3.63) is 63.3 Å². The van der Waals surface area contributed by atoms with E-state index in [1.165, 1.54) is 0 Å². The molecule has 0 unspecified atom stereocenters. The normalized spacial score (nSPS) is 14.0. The first-order valence-corrected chi connectivity index (χ1v) is 5.94. The molecule has 1 aliphatic carbocycles. The van der Waals surface area contributed by atoms with Crippen LogP contribution in [-0.4, -0.2) is 0 Å². The molecule has 0 atom stereocenters. The number of benzene rings is 1. The van der Waals surface area contributed by atoms with Gasteiger partial charge in [-0.05, 0) is 44.0 Å². The molecular weight excluding hydrogens is 320 g/mol. The largest absolute Gasteiger partial charge is 0.395 e. The van der Waals surface area contributed by atoms with E-state index >= 15 is 0 Å². The van der Waals surface area contributed by atoms with E-state index in [1.807, 2.05) is 36.4 Å². The smallest absolute Gasteiger partial charge is 0.256 e. The molecule has 74 valence electrons. The first-order chi connectivity index (χ1) is 7.27. The zero-order valence-corrected chi connectivity index (χ0v) is 10.9. The van der Waals surface area contributed by atoms with E-state index in [4.69, 9.17) is 4.74 Å². The van der Waals surface area contributed by atoms with E-state index < -0.39 is 0 Å². The van der Waals surface area contributed by atoms with Gasteiger partial charge in [0.1, 0.15) is 12.2 Å². The van der Waals surface area contributed by atoms with E-state index in [0.717, 1.165) is 20.5 Å². The minimum absolute atomic E-state index is 0.754. The summed E-state index contributed by atoms with van der Waals surface area (Å²) in [6.45, 7) is 0. The lowest BCUT2D eigenvalue weighted by Gasteiger charge is -2.04. The molecule has 0 aromatic heterocycles. The molecule has 0 N–H and O–H groups in total. The molecule has 0 aliphatic heterocycles. The average molecular weight is 327 g/mol. The van der Waals surface area contributed by atoms with Crippen molar-refractivity contribution in [3.8, 4) is 5.75 Å². The number of para-hydroxylation sites is 1. The standard InChI is InChI=1S/C12H7Br2O/c13-9-5-1-3-7-11(9)15-12-8-4-2-6-10(12)14/h1-3,5-8H/q+1. The summed E-state index contributed by atoms with van der Waals surface area (Å²) in [5, 5.41) is 0. The van der Waals surface area contributed by atoms with E-state index in [1.54, 1.807) is 6.08 Å². The lowest BCUT2D eigenvalue weighted by molar-refractivity contribution is 0.440. The quantitative estimate of drug-likeness (QED) is 0.733. The number of hydrogen-bond acceptors (Lipinski definition) is 1. The molecule has 0 fully saturated rings. The fourth-order valence-electron chi connectivity index (χ4n) is 1.12. The fraction of sp³-hybridized carbons (Fsp3) is 0. The van der Waals surface area contributed by atoms with Crippen LogP contribution in [0.15, 0.2) is 57.2 Å². The third-order valence-electron chi connectivity index (χ3n) is 1.83. The van der Waals surface area contributed by atoms with Gasteiger partial charge < -0.3 is 4.74 Å². The molecule has 3 heteroatoms. The predicted molar refractivity (Wildman–Crippen MR) is 67.7 cm³/mol. The van der Waals surface area contributed by atoms with Crippen LogP contribution >= 0.6 is 31.9 Å². The van der Waals surface area contributed by atoms with Crippen LogP contribution in [0.1, 0.15) is 0 Å². The third kappa shape index (κ3) is 2.57. The van der Waals surface area contributed by atoms with E-state index in [9.17, 15) is 0 Å². The Morgan fingerprint density at radius 3 is 2.67 bits per heavy atom. The minimum Gasteiger partial charge on any atom is -0.395 e. The molecule has 2 rings (SSSR count). The number of allylic oxidation sites excluding steroid dienone is 5. The summed E-state index contributed by atoms with van der Waals surface area (Å²) in [6.07, 6.45) is 8.49. The second-order valence-electron chi connectivity index (χ2n) is 2.89. The fourth-order valence-corrected chi connectivity index (χ4v) is 1.81. The summed E-state index contributed by atoms with van der Waals surface area (Å²) in [7, 11) is 0. The van der Waals surface area contributed by atoms with Gasteiger partial charge in [0.15, 0.2) is 10.2 Å². The highest BCUT2D eigenvalue weighted by Gasteiger charge is 2.14. The monoisotopic (exact) mass is 325 g/mol. The summed E-state index contributed by atoms with van der Waals surface area (Å²) in [5.74, 6) is 1.54. The van der Waals surface area contributed by atoms with Crippen molar-refractivity contribution in [2.45, 2.75) is 0 Å². The Hall–Kier alpha value is -0.890. The molecule has 0 heterocycles. The Balaban J connectivity index is 2.27. The van der Waals surface area contributed by atoms with Gasteiger partial charge in [-0.1, -0.05) is 12.1 Å². The number of rotatable bonds is 2. The highest BCUT2D eigenvalue weighted by Crippen LogP contribution is 2.28. The predicted octanol–water partition coefficient (Wildman–Crippen LogP) is 4.36. The van der Waals surface area contributed by atoms with Crippen LogP contribution in [0.2, 0.25) is 0 Å². The molecule has 1 nitrogen and oxygen atoms in total. The summed E-state index contributed by atoms with van der Waals surface area (Å²) in [6, 6.07) is 7.73. The maximum atomic E-state index is 5.71. The van der Waals surface area contributed by atoms with Crippen molar-refractivity contribution in [1.82, 2.24) is 0 Å². The minimum atomic E-state index is 0.754. The molecule has 0 bridgehead atoms. The SMILES string of the molecule is BrC1=C(Oc2ccccc2Br)C=[C+]C=C1. The third-order valence-corrected chi connectivity index (χ3v) is 3.14. The zero-order chi connectivity index (χ0) is 10.7. The number of hydrogen-bond donors (Lipinski definition) is 0. The van der Waals surface area contributed by atoms with Crippen LogP contribution < -0.4 is 4.74 Å². The lowest BCUT2D eigenvalue weighted by atomic mass is 10.3. The van der Waals surface area contributed by atoms with E-state index in [0.29, 0.717) is 0 Å². The molecule has 0 saturated heterocycles. The second kappa shape index (κ2) is 4.75. The van der Waals surface area contributed by atoms with E-state index in [-0.39, 0.29) is 0 Å². The van der Waals surface area contributed by atoms with Crippen molar-refractivity contribution in [1.29, 1.82) is 0 Å². The molecule has 1 aliphatic rings. The van der Waals surface area contributed by atoms with Gasteiger partial charge in [-0.25, -0.2) is 0 Å². The highest BCUT2D eigenvalue weighted by atomic mass is 79.9. The molecule has 1 aromatic rings. The van der Waals surface area contributed by atoms with Crippen molar-refractivity contribution < 1.29 is 4.74 Å². The number of ether oxygens (including phenoxy) is 1. The van der Waals surface area contributed by atoms with Crippen LogP contribution in [0.5, 0.6) is 5.75 Å². The van der Waals surface area contributed by atoms with Crippen molar-refractivity contribution in [3.63, 3.8) is 0 Å². The summed E-state index contributed by atoms with van der Waals surface area (Å²) >= 11 is 6.85. The Bertz CT molecular complexity index is 458. The van der Waals surface area contributed by atoms with E-state index in [2.05, 4.69) is 37.9 Å². The topological polar surface area (TPSA) is 9.23 Å². The molecule has 0 saturated carbocycles. The van der Waals surface area contributed by atoms with Crippen molar-refractivity contribution >= 4 is 31.9 Å². The van der Waals surface area contributed by atoms with Gasteiger partial charge in [-0.15, -0.1) is 0 Å². The molecule has 0 amide bonds. The summed E-state index contributed by atoms with van der Waals surface area (Å²) < 4.78 is 7.56. The lowest BCUT2D eigenvalue weighted by Crippen LogP contribution is -1.96. The first-order valence-electron chi connectivity index (χ1n) is 4.35. The average Bonchev–Trinajstić information content (AvgIpc) is 2.24. The summed E-state index contributed by atoms with van der Waals surface area (Å²) in [5.41, 5.74) is 0. The van der Waals surface area contributed by atoms with Crippen LogP contribution in [0, 0.1) is 6.08 Å². The Morgan fingerprint density at radius 1 is 1.13 bits per heavy atom. The molecule has 1 aromatic carbocycles. The molecule has 15 heavy (non-hydrogen) atoms. The van der Waals surface area contributed by atoms with Crippen molar-refractivity contribution in [2.75, 3.05) is 0 Å². The summed E-state index contributed by atoms with van der Waals surface area (Å²) in [4.78, 5) is 0. The molecule has 0 radical (unpaired) electrons. The van der Waals surface area contributed by atoms with Gasteiger partial charge in [0, 0.05) is 6.08 Å². The van der Waals surface area contributed by atoms with Gasteiger partial charge in [0.25, 0.3) is 5.76 Å². The van der Waals surface area contributed by atoms with Gasteiger partial charge in [-0.3, -0.25) is 0 Å². The van der Waals surface area contributed by atoms with Gasteiger partial charge in [0.05, 0.1) is 10.5 Å². The second-order valence-corrected chi connectivity index (χ2v) is 4.60. The number of halogens is 2. The maximum absolute atomic E-state index is 5.71.